The Morgan fingerprint density at radius 2 is 2.00 bits per heavy atom. The van der Waals surface area contributed by atoms with Gasteiger partial charge in [-0.1, -0.05) is 36.9 Å². The van der Waals surface area contributed by atoms with Crippen LogP contribution in [0.25, 0.3) is 10.8 Å². The van der Waals surface area contributed by atoms with E-state index in [1.807, 2.05) is 24.3 Å². The molecule has 0 aliphatic carbocycles. The fraction of sp³-hybridized carbons (Fsp3) is 0. The van der Waals surface area contributed by atoms with Crippen molar-refractivity contribution in [3.8, 4) is 5.75 Å². The maximum Gasteiger partial charge on any atom is 0.247 e. The zero-order valence-electron chi connectivity index (χ0n) is 8.60. The summed E-state index contributed by atoms with van der Waals surface area (Å²) in [7, 11) is 0. The Morgan fingerprint density at radius 3 is 2.75 bits per heavy atom. The molecule has 0 saturated heterocycles. The van der Waals surface area contributed by atoms with E-state index in [1.54, 1.807) is 12.1 Å². The van der Waals surface area contributed by atoms with Crippen molar-refractivity contribution in [2.75, 3.05) is 5.32 Å². The highest BCUT2D eigenvalue weighted by molar-refractivity contribution is 6.03. The molecule has 2 aromatic carbocycles. The summed E-state index contributed by atoms with van der Waals surface area (Å²) in [6.45, 7) is 3.36. The first-order valence-corrected chi connectivity index (χ1v) is 4.86. The summed E-state index contributed by atoms with van der Waals surface area (Å²) in [6.07, 6.45) is 1.16. The number of benzene rings is 2. The molecule has 0 heterocycles. The van der Waals surface area contributed by atoms with Gasteiger partial charge in [0.1, 0.15) is 5.75 Å². The summed E-state index contributed by atoms with van der Waals surface area (Å²) in [4.78, 5) is 11.1. The quantitative estimate of drug-likeness (QED) is 0.595. The van der Waals surface area contributed by atoms with Gasteiger partial charge in [0.25, 0.3) is 0 Å². The summed E-state index contributed by atoms with van der Waals surface area (Å²) in [6, 6.07) is 10.9. The third kappa shape index (κ3) is 1.75. The van der Waals surface area contributed by atoms with Gasteiger partial charge in [-0.3, -0.25) is 4.79 Å². The molecule has 3 nitrogen and oxygen atoms in total. The molecule has 16 heavy (non-hydrogen) atoms. The first kappa shape index (κ1) is 10.2. The lowest BCUT2D eigenvalue weighted by Gasteiger charge is -2.07. The van der Waals surface area contributed by atoms with E-state index in [4.69, 9.17) is 0 Å². The summed E-state index contributed by atoms with van der Waals surface area (Å²) in [5.41, 5.74) is 0.392. The Bertz CT molecular complexity index is 561. The second kappa shape index (κ2) is 4.06. The van der Waals surface area contributed by atoms with E-state index in [0.29, 0.717) is 11.1 Å². The Balaban J connectivity index is 2.52. The van der Waals surface area contributed by atoms with E-state index >= 15 is 0 Å². The van der Waals surface area contributed by atoms with Crippen LogP contribution in [0.3, 0.4) is 0 Å². The van der Waals surface area contributed by atoms with E-state index < -0.39 is 0 Å². The van der Waals surface area contributed by atoms with Crippen LogP contribution >= 0.6 is 0 Å². The predicted molar refractivity (Wildman–Crippen MR) is 64.4 cm³/mol. The van der Waals surface area contributed by atoms with Crippen LogP contribution in [0.1, 0.15) is 0 Å². The third-order valence-corrected chi connectivity index (χ3v) is 2.34. The summed E-state index contributed by atoms with van der Waals surface area (Å²) >= 11 is 0. The van der Waals surface area contributed by atoms with Crippen LogP contribution in [-0.4, -0.2) is 11.0 Å². The van der Waals surface area contributed by atoms with E-state index in [0.717, 1.165) is 11.5 Å². The maximum absolute atomic E-state index is 11.1. The summed E-state index contributed by atoms with van der Waals surface area (Å²) in [5.74, 6) is -0.265. The number of amides is 1. The molecule has 0 aliphatic rings. The largest absolute Gasteiger partial charge is 0.505 e. The van der Waals surface area contributed by atoms with Crippen molar-refractivity contribution >= 4 is 22.4 Å². The fourth-order valence-corrected chi connectivity index (χ4v) is 1.54. The number of carbonyl (C=O) groups excluding carboxylic acids is 1. The van der Waals surface area contributed by atoms with E-state index in [9.17, 15) is 9.90 Å². The van der Waals surface area contributed by atoms with Crippen LogP contribution < -0.4 is 5.32 Å². The maximum atomic E-state index is 11.1. The number of carbonyl (C=O) groups is 1. The standard InChI is InChI=1S/C13H11NO2/c1-2-12(15)14-11-8-7-9-5-3-4-6-10(9)13(11)16/h2-8,16H,1H2,(H,14,15). The van der Waals surface area contributed by atoms with Crippen molar-refractivity contribution in [2.45, 2.75) is 0 Å². The molecule has 0 atom stereocenters. The number of hydrogen-bond donors (Lipinski definition) is 2. The highest BCUT2D eigenvalue weighted by Crippen LogP contribution is 2.32. The monoisotopic (exact) mass is 213 g/mol. The van der Waals surface area contributed by atoms with Crippen LogP contribution in [0.4, 0.5) is 5.69 Å². The molecule has 1 amide bonds. The molecule has 2 aromatic rings. The lowest BCUT2D eigenvalue weighted by atomic mass is 10.1. The lowest BCUT2D eigenvalue weighted by Crippen LogP contribution is -2.07. The number of rotatable bonds is 2. The highest BCUT2D eigenvalue weighted by Gasteiger charge is 2.06. The van der Waals surface area contributed by atoms with Gasteiger partial charge in [0, 0.05) is 5.39 Å². The minimum atomic E-state index is -0.342. The minimum absolute atomic E-state index is 0.0771. The van der Waals surface area contributed by atoms with E-state index in [-0.39, 0.29) is 11.7 Å². The van der Waals surface area contributed by atoms with Crippen molar-refractivity contribution in [1.29, 1.82) is 0 Å². The van der Waals surface area contributed by atoms with Gasteiger partial charge in [-0.15, -0.1) is 0 Å². The lowest BCUT2D eigenvalue weighted by molar-refractivity contribution is -0.111. The molecule has 3 heteroatoms. The topological polar surface area (TPSA) is 49.3 Å². The van der Waals surface area contributed by atoms with Gasteiger partial charge in [-0.25, -0.2) is 0 Å². The highest BCUT2D eigenvalue weighted by atomic mass is 16.3. The van der Waals surface area contributed by atoms with Gasteiger partial charge < -0.3 is 10.4 Å². The Labute approximate surface area is 93.0 Å². The van der Waals surface area contributed by atoms with Gasteiger partial charge in [0.2, 0.25) is 5.91 Å². The van der Waals surface area contributed by atoms with E-state index in [2.05, 4.69) is 11.9 Å². The van der Waals surface area contributed by atoms with Crippen LogP contribution in [0.2, 0.25) is 0 Å². The van der Waals surface area contributed by atoms with Crippen molar-refractivity contribution < 1.29 is 9.90 Å². The molecule has 0 aliphatic heterocycles. The second-order valence-electron chi connectivity index (χ2n) is 3.38. The molecule has 0 saturated carbocycles. The molecule has 0 bridgehead atoms. The van der Waals surface area contributed by atoms with Crippen molar-refractivity contribution in [3.63, 3.8) is 0 Å². The van der Waals surface area contributed by atoms with Crippen LogP contribution in [-0.2, 0) is 4.79 Å². The minimum Gasteiger partial charge on any atom is -0.505 e. The number of nitrogens with one attached hydrogen (secondary N) is 1. The van der Waals surface area contributed by atoms with Gasteiger partial charge in [0.05, 0.1) is 5.69 Å². The average molecular weight is 213 g/mol. The van der Waals surface area contributed by atoms with Gasteiger partial charge in [-0.05, 0) is 17.5 Å². The zero-order chi connectivity index (χ0) is 11.5. The number of phenolic OH excluding ortho intramolecular Hbond substituents is 1. The molecule has 0 aromatic heterocycles. The molecular formula is C13H11NO2. The van der Waals surface area contributed by atoms with Gasteiger partial charge >= 0.3 is 0 Å². The van der Waals surface area contributed by atoms with Crippen molar-refractivity contribution in [2.24, 2.45) is 0 Å². The SMILES string of the molecule is C=CC(=O)Nc1ccc2ccccc2c1O. The average Bonchev–Trinajstić information content (AvgIpc) is 2.33. The Hall–Kier alpha value is -2.29. The zero-order valence-corrected chi connectivity index (χ0v) is 8.60. The van der Waals surface area contributed by atoms with Crippen LogP contribution in [0, 0.1) is 0 Å². The third-order valence-electron chi connectivity index (χ3n) is 2.34. The molecular weight excluding hydrogens is 202 g/mol. The summed E-state index contributed by atoms with van der Waals surface area (Å²) < 4.78 is 0. The molecule has 2 rings (SSSR count). The van der Waals surface area contributed by atoms with Crippen LogP contribution in [0.15, 0.2) is 49.1 Å². The Kier molecular flexibility index (Phi) is 2.60. The first-order chi connectivity index (χ1) is 7.72. The van der Waals surface area contributed by atoms with Crippen molar-refractivity contribution in [3.05, 3.63) is 49.1 Å². The molecule has 0 spiro atoms. The number of fused-ring (bicyclic) bond motifs is 1. The second-order valence-corrected chi connectivity index (χ2v) is 3.38. The molecule has 2 N–H and O–H groups in total. The number of phenols is 1. The van der Waals surface area contributed by atoms with Gasteiger partial charge in [0.15, 0.2) is 0 Å². The Morgan fingerprint density at radius 1 is 1.25 bits per heavy atom. The van der Waals surface area contributed by atoms with E-state index in [1.165, 1.54) is 0 Å². The normalized spacial score (nSPS) is 10.0. The smallest absolute Gasteiger partial charge is 0.247 e. The number of aromatic hydroxyl groups is 1. The first-order valence-electron chi connectivity index (χ1n) is 4.86. The molecule has 0 unspecified atom stereocenters. The van der Waals surface area contributed by atoms with Crippen molar-refractivity contribution in [1.82, 2.24) is 0 Å². The summed E-state index contributed by atoms with van der Waals surface area (Å²) in [5, 5.41) is 14.1. The molecule has 0 radical (unpaired) electrons. The fourth-order valence-electron chi connectivity index (χ4n) is 1.54. The number of hydrogen-bond acceptors (Lipinski definition) is 2. The molecule has 0 fully saturated rings. The predicted octanol–water partition coefficient (Wildman–Crippen LogP) is 2.67. The van der Waals surface area contributed by atoms with Crippen LogP contribution in [0.5, 0.6) is 5.75 Å². The number of anilines is 1. The van der Waals surface area contributed by atoms with Gasteiger partial charge in [-0.2, -0.15) is 0 Å². The molecule has 80 valence electrons.